The predicted molar refractivity (Wildman–Crippen MR) is 70.5 cm³/mol. The van der Waals surface area contributed by atoms with Crippen molar-refractivity contribution in [3.05, 3.63) is 16.4 Å². The molecule has 1 aliphatic rings. The van der Waals surface area contributed by atoms with Crippen LogP contribution in [0.4, 0.5) is 0 Å². The van der Waals surface area contributed by atoms with Crippen molar-refractivity contribution in [2.75, 3.05) is 11.5 Å². The van der Waals surface area contributed by atoms with E-state index >= 15 is 0 Å². The van der Waals surface area contributed by atoms with Crippen molar-refractivity contribution in [1.82, 2.24) is 9.78 Å². The van der Waals surface area contributed by atoms with E-state index in [2.05, 4.69) is 5.10 Å². The molecule has 1 aliphatic heterocycles. The Labute approximate surface area is 116 Å². The van der Waals surface area contributed by atoms with Crippen molar-refractivity contribution in [3.8, 4) is 0 Å². The largest absolute Gasteiger partial charge is 0.478 e. The molecule has 1 saturated heterocycles. The number of rotatable bonds is 3. The van der Waals surface area contributed by atoms with Gasteiger partial charge in [-0.05, 0) is 19.8 Å². The second kappa shape index (κ2) is 4.49. The molecule has 0 bridgehead atoms. The van der Waals surface area contributed by atoms with Crippen LogP contribution in [0.2, 0.25) is 5.15 Å². The molecule has 1 unspecified atom stereocenters. The number of carboxylic acid groups (broad SMARTS) is 1. The highest BCUT2D eigenvalue weighted by Gasteiger charge is 2.43. The molecular weight excluding hydrogens is 292 g/mol. The number of aryl methyl sites for hydroxylation is 1. The van der Waals surface area contributed by atoms with E-state index in [9.17, 15) is 13.2 Å². The molecular formula is C11H15ClN2O4S. The molecule has 0 amide bonds. The van der Waals surface area contributed by atoms with Crippen LogP contribution >= 0.6 is 11.6 Å². The minimum absolute atomic E-state index is 0.00366. The number of hydrogen-bond donors (Lipinski definition) is 1. The predicted octanol–water partition coefficient (Wildman–Crippen LogP) is 1.33. The first-order valence-electron chi connectivity index (χ1n) is 5.92. The summed E-state index contributed by atoms with van der Waals surface area (Å²) in [4.78, 5) is 11.2. The Morgan fingerprint density at radius 1 is 1.58 bits per heavy atom. The zero-order valence-electron chi connectivity index (χ0n) is 10.7. The summed E-state index contributed by atoms with van der Waals surface area (Å²) < 4.78 is 24.6. The van der Waals surface area contributed by atoms with Crippen LogP contribution in [-0.4, -0.2) is 40.8 Å². The highest BCUT2D eigenvalue weighted by molar-refractivity contribution is 7.91. The van der Waals surface area contributed by atoms with Crippen molar-refractivity contribution in [1.29, 1.82) is 0 Å². The molecule has 1 aromatic heterocycles. The molecule has 1 aromatic rings. The molecule has 1 fully saturated rings. The summed E-state index contributed by atoms with van der Waals surface area (Å²) in [5.74, 6) is -1.13. The molecule has 0 radical (unpaired) electrons. The van der Waals surface area contributed by atoms with Gasteiger partial charge in [-0.1, -0.05) is 18.5 Å². The van der Waals surface area contributed by atoms with Crippen molar-refractivity contribution in [2.45, 2.75) is 32.2 Å². The van der Waals surface area contributed by atoms with E-state index in [4.69, 9.17) is 16.7 Å². The van der Waals surface area contributed by atoms with Gasteiger partial charge >= 0.3 is 5.97 Å². The summed E-state index contributed by atoms with van der Waals surface area (Å²) in [5, 5.41) is 13.4. The van der Waals surface area contributed by atoms with Crippen LogP contribution in [0.5, 0.6) is 0 Å². The molecule has 6 nitrogen and oxygen atoms in total. The summed E-state index contributed by atoms with van der Waals surface area (Å²) in [6.07, 6.45) is 0.816. The average molecular weight is 307 g/mol. The smallest absolute Gasteiger partial charge is 0.340 e. The van der Waals surface area contributed by atoms with Gasteiger partial charge in [-0.15, -0.1) is 0 Å². The Balaban J connectivity index is 2.56. The van der Waals surface area contributed by atoms with Crippen molar-refractivity contribution in [2.24, 2.45) is 0 Å². The van der Waals surface area contributed by atoms with Crippen LogP contribution in [0, 0.1) is 0 Å². The minimum Gasteiger partial charge on any atom is -0.478 e. The molecule has 0 spiro atoms. The lowest BCUT2D eigenvalue weighted by molar-refractivity contribution is 0.0695. The lowest BCUT2D eigenvalue weighted by atomic mass is 10.0. The van der Waals surface area contributed by atoms with Gasteiger partial charge in [0.05, 0.1) is 22.7 Å². The Bertz CT molecular complexity index is 637. The Hall–Kier alpha value is -1.08. The normalized spacial score (nSPS) is 25.6. The molecule has 0 aliphatic carbocycles. The molecule has 0 aromatic carbocycles. The minimum atomic E-state index is -3.12. The number of sulfone groups is 1. The zero-order valence-corrected chi connectivity index (χ0v) is 12.3. The maximum absolute atomic E-state index is 11.6. The molecule has 1 N–H and O–H groups in total. The number of aromatic carboxylic acids is 1. The van der Waals surface area contributed by atoms with E-state index in [1.165, 1.54) is 4.68 Å². The number of hydrogen-bond acceptors (Lipinski definition) is 4. The van der Waals surface area contributed by atoms with E-state index in [0.717, 1.165) is 0 Å². The lowest BCUT2D eigenvalue weighted by Crippen LogP contribution is -2.32. The Morgan fingerprint density at radius 3 is 2.58 bits per heavy atom. The van der Waals surface area contributed by atoms with Crippen LogP contribution in [-0.2, 0) is 21.8 Å². The van der Waals surface area contributed by atoms with Crippen LogP contribution in [0.1, 0.15) is 36.3 Å². The Kier molecular flexibility index (Phi) is 3.38. The standard InChI is InChI=1S/C11H15ClN2O4S/c1-3-7-8(10(15)16)9(12)14(13-7)11(2)4-5-19(17,18)6-11/h3-6H2,1-2H3,(H,15,16). The first-order valence-corrected chi connectivity index (χ1v) is 8.12. The van der Waals surface area contributed by atoms with Gasteiger partial charge in [-0.25, -0.2) is 17.9 Å². The van der Waals surface area contributed by atoms with Crippen molar-refractivity contribution >= 4 is 27.4 Å². The molecule has 1 atom stereocenters. The first kappa shape index (κ1) is 14.3. The molecule has 106 valence electrons. The summed E-state index contributed by atoms with van der Waals surface area (Å²) in [6, 6.07) is 0. The van der Waals surface area contributed by atoms with E-state index < -0.39 is 21.3 Å². The van der Waals surface area contributed by atoms with E-state index in [1.807, 2.05) is 0 Å². The maximum Gasteiger partial charge on any atom is 0.340 e. The fraction of sp³-hybridized carbons (Fsp3) is 0.636. The Morgan fingerprint density at radius 2 is 2.21 bits per heavy atom. The molecule has 8 heteroatoms. The molecule has 2 heterocycles. The monoisotopic (exact) mass is 306 g/mol. The summed E-state index contributed by atoms with van der Waals surface area (Å²) in [6.45, 7) is 3.52. The number of halogens is 1. The van der Waals surface area contributed by atoms with E-state index in [-0.39, 0.29) is 22.2 Å². The molecule has 0 saturated carbocycles. The van der Waals surface area contributed by atoms with Crippen molar-refractivity contribution < 1.29 is 18.3 Å². The third-order valence-electron chi connectivity index (χ3n) is 3.44. The fourth-order valence-electron chi connectivity index (χ4n) is 2.42. The maximum atomic E-state index is 11.6. The van der Waals surface area contributed by atoms with Gasteiger partial charge in [-0.2, -0.15) is 5.10 Å². The van der Waals surface area contributed by atoms with Gasteiger partial charge in [0.15, 0.2) is 9.84 Å². The van der Waals surface area contributed by atoms with Crippen LogP contribution in [0.25, 0.3) is 0 Å². The second-order valence-electron chi connectivity index (χ2n) is 5.02. The summed E-state index contributed by atoms with van der Waals surface area (Å²) >= 11 is 6.09. The lowest BCUT2D eigenvalue weighted by Gasteiger charge is -2.23. The average Bonchev–Trinajstić information content (AvgIpc) is 2.77. The zero-order chi connectivity index (χ0) is 14.4. The van der Waals surface area contributed by atoms with Gasteiger partial charge in [0.1, 0.15) is 10.7 Å². The summed E-state index contributed by atoms with van der Waals surface area (Å²) in [7, 11) is -3.12. The highest BCUT2D eigenvalue weighted by Crippen LogP contribution is 2.35. The molecule has 2 rings (SSSR count). The number of carbonyl (C=O) groups is 1. The van der Waals surface area contributed by atoms with Gasteiger partial charge in [0.25, 0.3) is 0 Å². The first-order chi connectivity index (χ1) is 8.70. The third kappa shape index (κ3) is 2.36. The van der Waals surface area contributed by atoms with Crippen LogP contribution in [0.3, 0.4) is 0 Å². The van der Waals surface area contributed by atoms with Gasteiger partial charge in [0.2, 0.25) is 0 Å². The van der Waals surface area contributed by atoms with Gasteiger partial charge in [0, 0.05) is 0 Å². The van der Waals surface area contributed by atoms with Crippen molar-refractivity contribution in [3.63, 3.8) is 0 Å². The highest BCUT2D eigenvalue weighted by atomic mass is 35.5. The van der Waals surface area contributed by atoms with Gasteiger partial charge < -0.3 is 5.11 Å². The van der Waals surface area contributed by atoms with Gasteiger partial charge in [-0.3, -0.25) is 0 Å². The van der Waals surface area contributed by atoms with Crippen LogP contribution in [0.15, 0.2) is 0 Å². The fourth-order valence-corrected chi connectivity index (χ4v) is 4.96. The number of nitrogens with zero attached hydrogens (tertiary/aromatic N) is 2. The third-order valence-corrected chi connectivity index (χ3v) is 5.68. The number of aromatic nitrogens is 2. The van der Waals surface area contributed by atoms with E-state index in [1.54, 1.807) is 13.8 Å². The van der Waals surface area contributed by atoms with Crippen LogP contribution < -0.4 is 0 Å². The quantitative estimate of drug-likeness (QED) is 0.910. The second-order valence-corrected chi connectivity index (χ2v) is 7.56. The summed E-state index contributed by atoms with van der Waals surface area (Å²) in [5.41, 5.74) is -0.425. The SMILES string of the molecule is CCc1nn(C2(C)CCS(=O)(=O)C2)c(Cl)c1C(=O)O. The topological polar surface area (TPSA) is 89.3 Å². The van der Waals surface area contributed by atoms with E-state index in [0.29, 0.717) is 18.5 Å². The molecule has 19 heavy (non-hydrogen) atoms. The number of carboxylic acids is 1.